The fraction of sp³-hybridized carbons (Fsp3) is 0.600. The molecule has 0 radical (unpaired) electrons. The minimum absolute atomic E-state index is 0.622. The van der Waals surface area contributed by atoms with E-state index in [1.54, 1.807) is 0 Å². The molecule has 0 aliphatic carbocycles. The predicted octanol–water partition coefficient (Wildman–Crippen LogP) is 4.25. The minimum atomic E-state index is 0.622. The van der Waals surface area contributed by atoms with Crippen molar-refractivity contribution < 1.29 is 0 Å². The third-order valence-corrected chi connectivity index (χ3v) is 4.38. The van der Waals surface area contributed by atoms with Crippen LogP contribution in [0.2, 0.25) is 0 Å². The number of benzene rings is 1. The molecule has 1 aromatic carbocycles. The van der Waals surface area contributed by atoms with Crippen LogP contribution in [0.3, 0.4) is 0 Å². The number of nitrogens with one attached hydrogen (secondary N) is 1. The van der Waals surface area contributed by atoms with Gasteiger partial charge in [0.15, 0.2) is 0 Å². The zero-order valence-electron chi connectivity index (χ0n) is 11.5. The van der Waals surface area contributed by atoms with E-state index in [0.717, 1.165) is 6.54 Å². The van der Waals surface area contributed by atoms with Gasteiger partial charge in [-0.1, -0.05) is 39.0 Å². The quantitative estimate of drug-likeness (QED) is 0.727. The largest absolute Gasteiger partial charge is 0.313 e. The lowest BCUT2D eigenvalue weighted by atomic mass is 10.2. The number of hydrogen-bond donors (Lipinski definition) is 1. The summed E-state index contributed by atoms with van der Waals surface area (Å²) in [4.78, 5) is 1.41. The fourth-order valence-electron chi connectivity index (χ4n) is 1.86. The van der Waals surface area contributed by atoms with Crippen molar-refractivity contribution in [2.24, 2.45) is 0 Å². The molecule has 0 saturated carbocycles. The Morgan fingerprint density at radius 2 is 1.82 bits per heavy atom. The van der Waals surface area contributed by atoms with Crippen molar-refractivity contribution in [1.29, 1.82) is 0 Å². The first-order chi connectivity index (χ1) is 8.17. The van der Waals surface area contributed by atoms with Gasteiger partial charge in [0.2, 0.25) is 0 Å². The molecule has 96 valence electrons. The SMILES string of the molecule is CCC(CC)NCC(C)Sc1ccccc1C. The molecule has 1 N–H and O–H groups in total. The predicted molar refractivity (Wildman–Crippen MR) is 78.9 cm³/mol. The highest BCUT2D eigenvalue weighted by Gasteiger charge is 2.08. The number of hydrogen-bond acceptors (Lipinski definition) is 2. The minimum Gasteiger partial charge on any atom is -0.313 e. The normalized spacial score (nSPS) is 13.0. The second kappa shape index (κ2) is 7.78. The van der Waals surface area contributed by atoms with Crippen LogP contribution in [0.1, 0.15) is 39.2 Å². The maximum atomic E-state index is 3.64. The lowest BCUT2D eigenvalue weighted by Gasteiger charge is -2.19. The van der Waals surface area contributed by atoms with Crippen molar-refractivity contribution in [3.8, 4) is 0 Å². The molecule has 0 spiro atoms. The Labute approximate surface area is 110 Å². The van der Waals surface area contributed by atoms with E-state index >= 15 is 0 Å². The molecular formula is C15H25NS. The topological polar surface area (TPSA) is 12.0 Å². The third kappa shape index (κ3) is 5.13. The number of aryl methyl sites for hydroxylation is 1. The van der Waals surface area contributed by atoms with Gasteiger partial charge >= 0.3 is 0 Å². The maximum Gasteiger partial charge on any atom is 0.0191 e. The van der Waals surface area contributed by atoms with Gasteiger partial charge < -0.3 is 5.32 Å². The maximum absolute atomic E-state index is 3.64. The Bertz CT molecular complexity index is 320. The summed E-state index contributed by atoms with van der Waals surface area (Å²) in [6.07, 6.45) is 2.44. The summed E-state index contributed by atoms with van der Waals surface area (Å²) in [5.41, 5.74) is 1.38. The highest BCUT2D eigenvalue weighted by molar-refractivity contribution is 8.00. The molecule has 0 amide bonds. The second-order valence-electron chi connectivity index (χ2n) is 4.62. The van der Waals surface area contributed by atoms with Gasteiger partial charge in [0.1, 0.15) is 0 Å². The van der Waals surface area contributed by atoms with Crippen molar-refractivity contribution in [1.82, 2.24) is 5.32 Å². The molecule has 1 atom stereocenters. The summed E-state index contributed by atoms with van der Waals surface area (Å²) in [7, 11) is 0. The van der Waals surface area contributed by atoms with Crippen molar-refractivity contribution in [3.05, 3.63) is 29.8 Å². The van der Waals surface area contributed by atoms with E-state index in [9.17, 15) is 0 Å². The van der Waals surface area contributed by atoms with Gasteiger partial charge in [-0.2, -0.15) is 0 Å². The van der Waals surface area contributed by atoms with Crippen molar-refractivity contribution in [3.63, 3.8) is 0 Å². The van der Waals surface area contributed by atoms with Crippen LogP contribution in [-0.4, -0.2) is 17.8 Å². The van der Waals surface area contributed by atoms with Crippen molar-refractivity contribution in [2.45, 2.75) is 56.7 Å². The van der Waals surface area contributed by atoms with Gasteiger partial charge in [0.05, 0.1) is 0 Å². The Hall–Kier alpha value is -0.470. The monoisotopic (exact) mass is 251 g/mol. The van der Waals surface area contributed by atoms with Gasteiger partial charge in [-0.3, -0.25) is 0 Å². The average molecular weight is 251 g/mol. The van der Waals surface area contributed by atoms with Crippen molar-refractivity contribution in [2.75, 3.05) is 6.54 Å². The lowest BCUT2D eigenvalue weighted by molar-refractivity contribution is 0.488. The zero-order chi connectivity index (χ0) is 12.7. The molecule has 0 aliphatic rings. The van der Waals surface area contributed by atoms with E-state index in [-0.39, 0.29) is 0 Å². The standard InChI is InChI=1S/C15H25NS/c1-5-14(6-2)16-11-13(4)17-15-10-8-7-9-12(15)3/h7-10,13-14,16H,5-6,11H2,1-4H3. The average Bonchev–Trinajstić information content (AvgIpc) is 2.33. The highest BCUT2D eigenvalue weighted by Crippen LogP contribution is 2.25. The summed E-state index contributed by atoms with van der Waals surface area (Å²) in [5.74, 6) is 0. The van der Waals surface area contributed by atoms with E-state index in [2.05, 4.69) is 57.3 Å². The molecule has 0 fully saturated rings. The van der Waals surface area contributed by atoms with Crippen LogP contribution in [0.5, 0.6) is 0 Å². The van der Waals surface area contributed by atoms with Crippen LogP contribution < -0.4 is 5.32 Å². The second-order valence-corrected chi connectivity index (χ2v) is 6.10. The first kappa shape index (κ1) is 14.6. The Morgan fingerprint density at radius 1 is 1.18 bits per heavy atom. The summed E-state index contributed by atoms with van der Waals surface area (Å²) < 4.78 is 0. The van der Waals surface area contributed by atoms with Crippen LogP contribution >= 0.6 is 11.8 Å². The van der Waals surface area contributed by atoms with Gasteiger partial charge in [-0.05, 0) is 31.4 Å². The number of thioether (sulfide) groups is 1. The van der Waals surface area contributed by atoms with E-state index in [4.69, 9.17) is 0 Å². The van der Waals surface area contributed by atoms with E-state index in [1.165, 1.54) is 23.3 Å². The molecule has 1 aromatic rings. The number of rotatable bonds is 7. The first-order valence-electron chi connectivity index (χ1n) is 6.63. The highest BCUT2D eigenvalue weighted by atomic mass is 32.2. The van der Waals surface area contributed by atoms with E-state index in [0.29, 0.717) is 11.3 Å². The van der Waals surface area contributed by atoms with Crippen LogP contribution in [0.15, 0.2) is 29.2 Å². The molecule has 1 nitrogen and oxygen atoms in total. The zero-order valence-corrected chi connectivity index (χ0v) is 12.3. The molecule has 0 bridgehead atoms. The van der Waals surface area contributed by atoms with Crippen LogP contribution in [0.25, 0.3) is 0 Å². The van der Waals surface area contributed by atoms with Crippen LogP contribution in [0.4, 0.5) is 0 Å². The van der Waals surface area contributed by atoms with Gasteiger partial charge in [-0.25, -0.2) is 0 Å². The van der Waals surface area contributed by atoms with Gasteiger partial charge in [0.25, 0.3) is 0 Å². The first-order valence-corrected chi connectivity index (χ1v) is 7.51. The van der Waals surface area contributed by atoms with Crippen molar-refractivity contribution >= 4 is 11.8 Å². The molecule has 0 aromatic heterocycles. The lowest BCUT2D eigenvalue weighted by Crippen LogP contribution is -2.32. The molecule has 1 rings (SSSR count). The molecular weight excluding hydrogens is 226 g/mol. The summed E-state index contributed by atoms with van der Waals surface area (Å²) >= 11 is 1.97. The summed E-state index contributed by atoms with van der Waals surface area (Å²) in [5, 5.41) is 4.26. The van der Waals surface area contributed by atoms with Crippen LogP contribution in [-0.2, 0) is 0 Å². The Kier molecular flexibility index (Phi) is 6.68. The molecule has 2 heteroatoms. The summed E-state index contributed by atoms with van der Waals surface area (Å²) in [6.45, 7) is 10.1. The molecule has 1 unspecified atom stereocenters. The molecule has 0 aliphatic heterocycles. The van der Waals surface area contributed by atoms with Crippen LogP contribution in [0, 0.1) is 6.92 Å². The van der Waals surface area contributed by atoms with Gasteiger partial charge in [-0.15, -0.1) is 11.8 Å². The van der Waals surface area contributed by atoms with Gasteiger partial charge in [0, 0.05) is 22.7 Å². The summed E-state index contributed by atoms with van der Waals surface area (Å²) in [6, 6.07) is 9.30. The smallest absolute Gasteiger partial charge is 0.0191 e. The fourth-order valence-corrected chi connectivity index (χ4v) is 2.88. The van der Waals surface area contributed by atoms with E-state index in [1.807, 2.05) is 11.8 Å². The molecule has 0 heterocycles. The molecule has 17 heavy (non-hydrogen) atoms. The third-order valence-electron chi connectivity index (χ3n) is 3.10. The Balaban J connectivity index is 2.39. The Morgan fingerprint density at radius 3 is 2.41 bits per heavy atom. The molecule has 0 saturated heterocycles. The van der Waals surface area contributed by atoms with E-state index < -0.39 is 0 Å².